The van der Waals surface area contributed by atoms with Crippen molar-refractivity contribution < 1.29 is 28.6 Å². The van der Waals surface area contributed by atoms with Crippen LogP contribution in [0, 0.1) is 5.82 Å². The van der Waals surface area contributed by atoms with E-state index < -0.39 is 36.0 Å². The summed E-state index contributed by atoms with van der Waals surface area (Å²) in [7, 11) is 0. The van der Waals surface area contributed by atoms with Gasteiger partial charge in [0.25, 0.3) is 0 Å². The lowest BCUT2D eigenvalue weighted by Gasteiger charge is -2.27. The number of benzene rings is 4. The molecule has 0 aromatic heterocycles. The fraction of sp³-hybridized carbons (Fsp3) is 0.333. The normalized spacial score (nSPS) is 12.8. The largest absolute Gasteiger partial charge is 0.489 e. The van der Waals surface area contributed by atoms with Gasteiger partial charge in [-0.05, 0) is 71.2 Å². The fourth-order valence-corrected chi connectivity index (χ4v) is 5.73. The number of hydrogen-bond donors (Lipinski definition) is 4. The van der Waals surface area contributed by atoms with Crippen molar-refractivity contribution in [1.29, 1.82) is 0 Å². The Morgan fingerprint density at radius 3 is 2.18 bits per heavy atom. The molecule has 3 atom stereocenters. The van der Waals surface area contributed by atoms with Crippen molar-refractivity contribution in [2.24, 2.45) is 0 Å². The van der Waals surface area contributed by atoms with Crippen molar-refractivity contribution in [2.45, 2.75) is 64.1 Å². The Kier molecular flexibility index (Phi) is 15.4. The van der Waals surface area contributed by atoms with Crippen molar-refractivity contribution in [3.63, 3.8) is 0 Å². The number of aryl methyl sites for hydroxylation is 1. The van der Waals surface area contributed by atoms with Crippen LogP contribution in [0.15, 0.2) is 103 Å². The summed E-state index contributed by atoms with van der Waals surface area (Å²) in [6, 6.07) is 29.7. The Bertz CT molecular complexity index is 1590. The van der Waals surface area contributed by atoms with E-state index >= 15 is 0 Å². The van der Waals surface area contributed by atoms with Gasteiger partial charge in [0, 0.05) is 19.2 Å². The zero-order chi connectivity index (χ0) is 34.8. The lowest BCUT2D eigenvalue weighted by molar-refractivity contribution is -0.124. The highest BCUT2D eigenvalue weighted by Crippen LogP contribution is 2.20. The lowest BCUT2D eigenvalue weighted by atomic mass is 9.99. The van der Waals surface area contributed by atoms with Crippen molar-refractivity contribution in [3.05, 3.63) is 137 Å². The van der Waals surface area contributed by atoms with Crippen LogP contribution in [0.3, 0.4) is 0 Å². The summed E-state index contributed by atoms with van der Waals surface area (Å²) >= 11 is 1.54. The maximum absolute atomic E-state index is 14.8. The number of ether oxygens (including phenoxy) is 2. The number of amides is 2. The van der Waals surface area contributed by atoms with Gasteiger partial charge in [-0.1, -0.05) is 91.9 Å². The predicted octanol–water partition coefficient (Wildman–Crippen LogP) is 6.19. The Labute approximate surface area is 292 Å². The maximum Gasteiger partial charge on any atom is 0.408 e. The highest BCUT2D eigenvalue weighted by molar-refractivity contribution is 7.98. The Morgan fingerprint density at radius 2 is 1.49 bits per heavy atom. The smallest absolute Gasteiger partial charge is 0.408 e. The molecule has 0 spiro atoms. The summed E-state index contributed by atoms with van der Waals surface area (Å²) in [6.07, 6.45) is 1.54. The number of carbonyl (C=O) groups excluding carboxylic acids is 2. The van der Waals surface area contributed by atoms with Crippen molar-refractivity contribution in [1.82, 2.24) is 16.0 Å². The molecule has 4 aromatic carbocycles. The van der Waals surface area contributed by atoms with Gasteiger partial charge in [-0.2, -0.15) is 11.8 Å². The molecule has 49 heavy (non-hydrogen) atoms. The zero-order valence-electron chi connectivity index (χ0n) is 28.1. The molecule has 0 fully saturated rings. The summed E-state index contributed by atoms with van der Waals surface area (Å²) in [6.45, 7) is 3.10. The van der Waals surface area contributed by atoms with Crippen LogP contribution in [0.4, 0.5) is 9.18 Å². The molecular weight excluding hydrogens is 642 g/mol. The van der Waals surface area contributed by atoms with Gasteiger partial charge in [0.2, 0.25) is 5.91 Å². The third kappa shape index (κ3) is 13.2. The minimum absolute atomic E-state index is 0.0615. The summed E-state index contributed by atoms with van der Waals surface area (Å²) in [5.41, 5.74) is 4.59. The summed E-state index contributed by atoms with van der Waals surface area (Å²) < 4.78 is 26.1. The molecule has 0 aliphatic rings. The number of hydrogen-bond acceptors (Lipinski definition) is 7. The van der Waals surface area contributed by atoms with Gasteiger partial charge in [-0.25, -0.2) is 9.18 Å². The number of rotatable bonds is 19. The standard InChI is InChI=1S/C39H46FN3O5S/c1-3-28-15-10-16-31(19-28)24-41-25-37(44)36(22-32-20-33(40)23-34(21-32)47-26-29-11-6-4-7-12-29)42-38(45)35(17-18-49-2)43-39(46)48-27-30-13-8-5-9-14-30/h4-16,19-21,23,35-37,41,44H,3,17-18,22,24-27H2,1-2H3,(H,42,45)(H,43,46)/t35-,36-,37+/m0/s1. The molecule has 0 unspecified atom stereocenters. The van der Waals surface area contributed by atoms with Crippen LogP contribution < -0.4 is 20.7 Å². The predicted molar refractivity (Wildman–Crippen MR) is 193 cm³/mol. The number of nitrogens with one attached hydrogen (secondary N) is 3. The van der Waals surface area contributed by atoms with Gasteiger partial charge in [0.15, 0.2) is 0 Å². The van der Waals surface area contributed by atoms with E-state index in [4.69, 9.17) is 9.47 Å². The van der Waals surface area contributed by atoms with Crippen LogP contribution in [-0.4, -0.2) is 53.8 Å². The number of carbonyl (C=O) groups is 2. The summed E-state index contributed by atoms with van der Waals surface area (Å²) in [4.78, 5) is 26.4. The fourth-order valence-electron chi connectivity index (χ4n) is 5.26. The molecule has 4 aromatic rings. The lowest BCUT2D eigenvalue weighted by Crippen LogP contribution is -2.55. The molecule has 0 aliphatic heterocycles. The molecule has 0 radical (unpaired) electrons. The Balaban J connectivity index is 1.47. The molecule has 2 amide bonds. The minimum Gasteiger partial charge on any atom is -0.489 e. The SMILES string of the molecule is CCc1cccc(CNC[C@@H](O)[C@H](Cc2cc(F)cc(OCc3ccccc3)c2)NC(=O)[C@H](CCSC)NC(=O)OCc2ccccc2)c1. The Morgan fingerprint density at radius 1 is 0.816 bits per heavy atom. The molecule has 0 saturated carbocycles. The first kappa shape index (κ1) is 37.4. The summed E-state index contributed by atoms with van der Waals surface area (Å²) in [5.74, 6) is -0.0144. The third-order valence-electron chi connectivity index (χ3n) is 7.94. The van der Waals surface area contributed by atoms with Crippen LogP contribution in [-0.2, 0) is 42.1 Å². The topological polar surface area (TPSA) is 109 Å². The maximum atomic E-state index is 14.8. The number of aliphatic hydroxyl groups is 1. The van der Waals surface area contributed by atoms with E-state index in [2.05, 4.69) is 35.0 Å². The molecule has 4 N–H and O–H groups in total. The van der Waals surface area contributed by atoms with Crippen LogP contribution in [0.1, 0.15) is 41.2 Å². The van der Waals surface area contributed by atoms with Gasteiger partial charge < -0.3 is 30.5 Å². The Hall–Kier alpha value is -4.38. The quantitative estimate of drug-likeness (QED) is 0.0931. The number of halogens is 1. The van der Waals surface area contributed by atoms with Gasteiger partial charge >= 0.3 is 6.09 Å². The molecule has 0 bridgehead atoms. The molecular formula is C39H46FN3O5S. The molecule has 0 saturated heterocycles. The molecule has 260 valence electrons. The van der Waals surface area contributed by atoms with E-state index in [1.54, 1.807) is 17.8 Å². The van der Waals surface area contributed by atoms with E-state index in [9.17, 15) is 19.1 Å². The molecule has 10 heteroatoms. The number of alkyl carbamates (subject to hydrolysis) is 1. The molecule has 4 rings (SSSR count). The van der Waals surface area contributed by atoms with Gasteiger partial charge in [0.05, 0.1) is 12.1 Å². The van der Waals surface area contributed by atoms with Gasteiger partial charge in [0.1, 0.15) is 30.8 Å². The van der Waals surface area contributed by atoms with Crippen LogP contribution in [0.5, 0.6) is 5.75 Å². The van der Waals surface area contributed by atoms with Crippen LogP contribution >= 0.6 is 11.8 Å². The van der Waals surface area contributed by atoms with E-state index in [1.165, 1.54) is 17.7 Å². The van der Waals surface area contributed by atoms with E-state index in [0.29, 0.717) is 30.0 Å². The first-order valence-corrected chi connectivity index (χ1v) is 17.9. The van der Waals surface area contributed by atoms with Gasteiger partial charge in [-0.3, -0.25) is 4.79 Å². The van der Waals surface area contributed by atoms with E-state index in [1.807, 2.05) is 79.1 Å². The van der Waals surface area contributed by atoms with Gasteiger partial charge in [-0.15, -0.1) is 0 Å². The molecule has 0 aliphatic carbocycles. The van der Waals surface area contributed by atoms with Crippen molar-refractivity contribution in [2.75, 3.05) is 18.6 Å². The van der Waals surface area contributed by atoms with E-state index in [0.717, 1.165) is 23.1 Å². The minimum atomic E-state index is -1.04. The van der Waals surface area contributed by atoms with E-state index in [-0.39, 0.29) is 26.2 Å². The first-order valence-electron chi connectivity index (χ1n) is 16.5. The van der Waals surface area contributed by atoms with Crippen molar-refractivity contribution in [3.8, 4) is 5.75 Å². The third-order valence-corrected chi connectivity index (χ3v) is 8.59. The highest BCUT2D eigenvalue weighted by atomic mass is 32.2. The zero-order valence-corrected chi connectivity index (χ0v) is 28.9. The van der Waals surface area contributed by atoms with Crippen LogP contribution in [0.25, 0.3) is 0 Å². The average molecular weight is 688 g/mol. The monoisotopic (exact) mass is 687 g/mol. The first-order chi connectivity index (χ1) is 23.8. The second-order valence-corrected chi connectivity index (χ2v) is 12.8. The molecule has 8 nitrogen and oxygen atoms in total. The van der Waals surface area contributed by atoms with Crippen LogP contribution in [0.2, 0.25) is 0 Å². The second-order valence-electron chi connectivity index (χ2n) is 11.8. The van der Waals surface area contributed by atoms with Crippen molar-refractivity contribution >= 4 is 23.8 Å². The second kappa shape index (κ2) is 20.2. The average Bonchev–Trinajstić information content (AvgIpc) is 3.12. The highest BCUT2D eigenvalue weighted by Gasteiger charge is 2.28. The number of aliphatic hydroxyl groups excluding tert-OH is 1. The summed E-state index contributed by atoms with van der Waals surface area (Å²) in [5, 5.41) is 20.3. The molecule has 0 heterocycles. The number of thioether (sulfide) groups is 1.